The van der Waals surface area contributed by atoms with Gasteiger partial charge >= 0.3 is 5.97 Å². The quantitative estimate of drug-likeness (QED) is 0.221. The maximum Gasteiger partial charge on any atom is 0.335 e. The lowest BCUT2D eigenvalue weighted by Crippen LogP contribution is -2.38. The molecule has 0 aliphatic heterocycles. The molecule has 0 fully saturated rings. The lowest BCUT2D eigenvalue weighted by Gasteiger charge is -2.19. The molecule has 0 aliphatic carbocycles. The van der Waals surface area contributed by atoms with Crippen molar-refractivity contribution >= 4 is 43.7 Å². The van der Waals surface area contributed by atoms with Crippen LogP contribution in [0.15, 0.2) is 76.5 Å². The topological polar surface area (TPSA) is 191 Å². The first-order chi connectivity index (χ1) is 20.2. The SMILES string of the molecule is COCC(=O)Nc1cc(C(=O)O)cc(C(=O)NCC(COS(=O)(=O)c2ccc(C)cc2)OS(=O)(=O)c2ccc(C)cc2)c1. The Bertz CT molecular complexity index is 1690. The standard InChI is InChI=1S/C28H30N2O11S2/c1-18-4-8-24(9-5-18)42(35,36)40-16-23(41-43(37,38)25-10-6-19(2)7-11-25)15-29-27(32)20-12-21(28(33)34)14-22(13-20)30-26(31)17-39-3/h4-14,23H,15-17H2,1-3H3,(H,29,32)(H,30,31)(H,33,34). The van der Waals surface area contributed by atoms with Crippen molar-refractivity contribution in [3.05, 3.63) is 89.0 Å². The number of rotatable bonds is 14. The van der Waals surface area contributed by atoms with E-state index in [0.717, 1.165) is 23.3 Å². The summed E-state index contributed by atoms with van der Waals surface area (Å²) in [7, 11) is -7.47. The minimum absolute atomic E-state index is 0.00521. The molecule has 0 saturated heterocycles. The van der Waals surface area contributed by atoms with Crippen molar-refractivity contribution in [2.45, 2.75) is 29.7 Å². The van der Waals surface area contributed by atoms with E-state index in [9.17, 15) is 36.3 Å². The van der Waals surface area contributed by atoms with Crippen LogP contribution in [0, 0.1) is 13.8 Å². The zero-order chi connectivity index (χ0) is 31.8. The minimum atomic E-state index is -4.43. The summed E-state index contributed by atoms with van der Waals surface area (Å²) in [6, 6.07) is 14.8. The van der Waals surface area contributed by atoms with Gasteiger partial charge in [-0.1, -0.05) is 35.4 Å². The van der Waals surface area contributed by atoms with Crippen molar-refractivity contribution in [1.29, 1.82) is 0 Å². The molecule has 0 aliphatic rings. The number of aromatic carboxylic acids is 1. The summed E-state index contributed by atoms with van der Waals surface area (Å²) in [6.07, 6.45) is -1.53. The number of carbonyl (C=O) groups excluding carboxylic acids is 2. The number of aryl methyl sites for hydroxylation is 2. The Labute approximate surface area is 249 Å². The van der Waals surface area contributed by atoms with Gasteiger partial charge in [0.2, 0.25) is 5.91 Å². The van der Waals surface area contributed by atoms with Crippen LogP contribution in [0.1, 0.15) is 31.8 Å². The summed E-state index contributed by atoms with van der Waals surface area (Å²) in [5.41, 5.74) is 1.08. The predicted octanol–water partition coefficient (Wildman–Crippen LogP) is 2.50. The monoisotopic (exact) mass is 634 g/mol. The zero-order valence-electron chi connectivity index (χ0n) is 23.4. The van der Waals surface area contributed by atoms with Crippen LogP contribution in [0.2, 0.25) is 0 Å². The Morgan fingerprint density at radius 2 is 1.35 bits per heavy atom. The average Bonchev–Trinajstić information content (AvgIpc) is 2.94. The predicted molar refractivity (Wildman–Crippen MR) is 154 cm³/mol. The van der Waals surface area contributed by atoms with E-state index in [1.165, 1.54) is 37.4 Å². The third-order valence-electron chi connectivity index (χ3n) is 5.78. The van der Waals surface area contributed by atoms with E-state index < -0.39 is 57.3 Å². The van der Waals surface area contributed by atoms with Gasteiger partial charge in [-0.2, -0.15) is 16.8 Å². The van der Waals surface area contributed by atoms with Gasteiger partial charge in [-0.25, -0.2) is 4.79 Å². The number of amides is 2. The first-order valence-electron chi connectivity index (χ1n) is 12.6. The van der Waals surface area contributed by atoms with Gasteiger partial charge in [0, 0.05) is 24.9 Å². The van der Waals surface area contributed by atoms with Crippen molar-refractivity contribution in [3.63, 3.8) is 0 Å². The number of carboxylic acids is 1. The second-order valence-corrected chi connectivity index (χ2v) is 12.5. The fourth-order valence-electron chi connectivity index (χ4n) is 3.59. The summed E-state index contributed by atoms with van der Waals surface area (Å²) in [5, 5.41) is 14.3. The van der Waals surface area contributed by atoms with E-state index in [1.807, 2.05) is 0 Å². The van der Waals surface area contributed by atoms with Crippen molar-refractivity contribution in [3.8, 4) is 0 Å². The lowest BCUT2D eigenvalue weighted by atomic mass is 10.1. The smallest absolute Gasteiger partial charge is 0.335 e. The second kappa shape index (κ2) is 14.3. The summed E-state index contributed by atoms with van der Waals surface area (Å²) >= 11 is 0. The van der Waals surface area contributed by atoms with Crippen molar-refractivity contribution in [2.24, 2.45) is 0 Å². The Hall–Kier alpha value is -4.15. The molecule has 0 saturated carbocycles. The zero-order valence-corrected chi connectivity index (χ0v) is 25.0. The molecule has 3 aromatic carbocycles. The van der Waals surface area contributed by atoms with Gasteiger partial charge in [-0.05, 0) is 56.3 Å². The fourth-order valence-corrected chi connectivity index (χ4v) is 5.59. The number of nitrogens with one attached hydrogen (secondary N) is 2. The summed E-state index contributed by atoms with van der Waals surface area (Å²) in [4.78, 5) is 36.1. The molecule has 0 radical (unpaired) electrons. The third kappa shape index (κ3) is 9.69. The Morgan fingerprint density at radius 3 is 1.88 bits per heavy atom. The van der Waals surface area contributed by atoms with Gasteiger partial charge in [-0.15, -0.1) is 0 Å². The Balaban J connectivity index is 1.84. The number of carbonyl (C=O) groups is 3. The lowest BCUT2D eigenvalue weighted by molar-refractivity contribution is -0.119. The third-order valence-corrected chi connectivity index (χ3v) is 8.45. The maximum absolute atomic E-state index is 13.0. The van der Waals surface area contributed by atoms with Crippen LogP contribution in [-0.4, -0.2) is 72.7 Å². The molecule has 2 amide bonds. The van der Waals surface area contributed by atoms with Crippen molar-refractivity contribution in [2.75, 3.05) is 32.2 Å². The van der Waals surface area contributed by atoms with E-state index >= 15 is 0 Å². The number of benzene rings is 3. The molecule has 0 aromatic heterocycles. The minimum Gasteiger partial charge on any atom is -0.478 e. The number of hydrogen-bond acceptors (Lipinski definition) is 10. The summed E-state index contributed by atoms with van der Waals surface area (Å²) in [5.74, 6) is -2.84. The van der Waals surface area contributed by atoms with Crippen LogP contribution in [0.5, 0.6) is 0 Å². The number of anilines is 1. The van der Waals surface area contributed by atoms with Gasteiger partial charge in [0.1, 0.15) is 12.7 Å². The summed E-state index contributed by atoms with van der Waals surface area (Å²) in [6.45, 7) is 1.85. The van der Waals surface area contributed by atoms with Gasteiger partial charge in [0.25, 0.3) is 26.1 Å². The molecule has 3 N–H and O–H groups in total. The van der Waals surface area contributed by atoms with Crippen LogP contribution < -0.4 is 10.6 Å². The molecule has 0 spiro atoms. The Kier molecular flexibility index (Phi) is 11.1. The largest absolute Gasteiger partial charge is 0.478 e. The van der Waals surface area contributed by atoms with Gasteiger partial charge < -0.3 is 20.5 Å². The van der Waals surface area contributed by atoms with E-state index in [-0.39, 0.29) is 33.2 Å². The highest BCUT2D eigenvalue weighted by molar-refractivity contribution is 7.87. The Morgan fingerprint density at radius 1 is 0.814 bits per heavy atom. The molecule has 13 nitrogen and oxygen atoms in total. The highest BCUT2D eigenvalue weighted by Crippen LogP contribution is 2.19. The molecular formula is C28H30N2O11S2. The average molecular weight is 635 g/mol. The fraction of sp³-hybridized carbons (Fsp3) is 0.250. The number of methoxy groups -OCH3 is 1. The van der Waals surface area contributed by atoms with Gasteiger partial charge in [0.05, 0.1) is 22.0 Å². The highest BCUT2D eigenvalue weighted by Gasteiger charge is 2.26. The molecule has 3 rings (SSSR count). The van der Waals surface area contributed by atoms with E-state index in [0.29, 0.717) is 0 Å². The van der Waals surface area contributed by atoms with Gasteiger partial charge in [-0.3, -0.25) is 18.0 Å². The van der Waals surface area contributed by atoms with Crippen molar-refractivity contribution in [1.82, 2.24) is 5.32 Å². The van der Waals surface area contributed by atoms with Crippen LogP contribution in [-0.2, 0) is 38.1 Å². The number of carboxylic acid groups (broad SMARTS) is 1. The second-order valence-electron chi connectivity index (χ2n) is 9.33. The maximum atomic E-state index is 13.0. The van der Waals surface area contributed by atoms with E-state index in [1.54, 1.807) is 38.1 Å². The van der Waals surface area contributed by atoms with E-state index in [4.69, 9.17) is 13.1 Å². The summed E-state index contributed by atoms with van der Waals surface area (Å²) < 4.78 is 66.5. The number of ether oxygens (including phenoxy) is 1. The van der Waals surface area contributed by atoms with Crippen LogP contribution in [0.4, 0.5) is 5.69 Å². The normalized spacial score (nSPS) is 12.3. The number of hydrogen-bond donors (Lipinski definition) is 3. The highest BCUT2D eigenvalue weighted by atomic mass is 32.2. The molecule has 0 bridgehead atoms. The van der Waals surface area contributed by atoms with E-state index in [2.05, 4.69) is 10.6 Å². The molecule has 1 atom stereocenters. The first-order valence-corrected chi connectivity index (χ1v) is 15.4. The van der Waals surface area contributed by atoms with Crippen LogP contribution in [0.25, 0.3) is 0 Å². The molecule has 230 valence electrons. The van der Waals surface area contributed by atoms with Crippen LogP contribution in [0.3, 0.4) is 0 Å². The molecule has 0 heterocycles. The molecule has 15 heteroatoms. The first kappa shape index (κ1) is 33.4. The molecule has 3 aromatic rings. The molecular weight excluding hydrogens is 604 g/mol. The van der Waals surface area contributed by atoms with Crippen molar-refractivity contribution < 1.29 is 49.4 Å². The molecule has 43 heavy (non-hydrogen) atoms. The molecule has 1 unspecified atom stereocenters. The van der Waals surface area contributed by atoms with Gasteiger partial charge in [0.15, 0.2) is 0 Å². The van der Waals surface area contributed by atoms with Crippen LogP contribution >= 0.6 is 0 Å².